The number of pyridine rings is 1. The Balaban J connectivity index is 2.60. The van der Waals surface area contributed by atoms with E-state index in [9.17, 15) is 4.79 Å². The number of hydrogen-bond acceptors (Lipinski definition) is 4. The van der Waals surface area contributed by atoms with Gasteiger partial charge >= 0.3 is 6.09 Å². The Hall–Kier alpha value is -1.62. The molecule has 1 aromatic rings. The highest BCUT2D eigenvalue weighted by Crippen LogP contribution is 2.19. The molecule has 1 heterocycles. The van der Waals surface area contributed by atoms with Gasteiger partial charge in [0.05, 0.1) is 5.69 Å². The van der Waals surface area contributed by atoms with Crippen molar-refractivity contribution in [2.45, 2.75) is 58.5 Å². The first kappa shape index (κ1) is 19.4. The largest absolute Gasteiger partial charge is 0.414 e. The van der Waals surface area contributed by atoms with E-state index < -0.39 is 0 Å². The van der Waals surface area contributed by atoms with Gasteiger partial charge in [-0.25, -0.2) is 4.79 Å². The van der Waals surface area contributed by atoms with Crippen molar-refractivity contribution in [2.75, 3.05) is 21.1 Å². The molecule has 0 aliphatic rings. The molecule has 0 saturated carbocycles. The minimum Gasteiger partial charge on any atom is -0.408 e. The van der Waals surface area contributed by atoms with E-state index in [4.69, 9.17) is 4.74 Å². The van der Waals surface area contributed by atoms with Gasteiger partial charge in [0.25, 0.3) is 0 Å². The zero-order valence-electron chi connectivity index (χ0n) is 15.2. The van der Waals surface area contributed by atoms with Crippen molar-refractivity contribution in [1.82, 2.24) is 14.8 Å². The van der Waals surface area contributed by atoms with E-state index in [-0.39, 0.29) is 6.09 Å². The molecule has 130 valence electrons. The number of carbonyl (C=O) groups is 1. The molecule has 5 nitrogen and oxygen atoms in total. The maximum Gasteiger partial charge on any atom is 0.414 e. The third-order valence-corrected chi connectivity index (χ3v) is 4.04. The molecule has 1 rings (SSSR count). The normalized spacial score (nSPS) is 12.3. The number of aromatic nitrogens is 1. The first-order chi connectivity index (χ1) is 11.0. The predicted molar refractivity (Wildman–Crippen MR) is 93.6 cm³/mol. The Bertz CT molecular complexity index is 477. The van der Waals surface area contributed by atoms with Gasteiger partial charge in [0, 0.05) is 32.9 Å². The van der Waals surface area contributed by atoms with Crippen LogP contribution in [0.3, 0.4) is 0 Å². The van der Waals surface area contributed by atoms with Gasteiger partial charge in [-0.1, -0.05) is 32.6 Å². The zero-order chi connectivity index (χ0) is 17.2. The highest BCUT2D eigenvalue weighted by molar-refractivity contribution is 5.70. The fourth-order valence-electron chi connectivity index (χ4n) is 2.30. The Morgan fingerprint density at radius 2 is 2.00 bits per heavy atom. The first-order valence-electron chi connectivity index (χ1n) is 8.49. The van der Waals surface area contributed by atoms with Crippen LogP contribution < -0.4 is 4.74 Å². The predicted octanol–water partition coefficient (Wildman–Crippen LogP) is 3.93. The Labute approximate surface area is 140 Å². The molecule has 0 fully saturated rings. The molecule has 0 bridgehead atoms. The number of rotatable bonds is 9. The van der Waals surface area contributed by atoms with Crippen LogP contribution in [0, 0.1) is 0 Å². The lowest BCUT2D eigenvalue weighted by molar-refractivity contribution is 0.169. The second-order valence-corrected chi connectivity index (χ2v) is 6.32. The molecule has 5 heteroatoms. The third kappa shape index (κ3) is 6.99. The fraction of sp³-hybridized carbons (Fsp3) is 0.667. The summed E-state index contributed by atoms with van der Waals surface area (Å²) in [5.41, 5.74) is 0.797. The summed E-state index contributed by atoms with van der Waals surface area (Å²) in [6.45, 7) is 5.14. The molecule has 0 N–H and O–H groups in total. The van der Waals surface area contributed by atoms with Gasteiger partial charge in [0.1, 0.15) is 0 Å². The lowest BCUT2D eigenvalue weighted by Crippen LogP contribution is -2.30. The van der Waals surface area contributed by atoms with E-state index in [0.717, 1.165) is 5.69 Å². The van der Waals surface area contributed by atoms with Crippen molar-refractivity contribution in [1.29, 1.82) is 0 Å². The molecule has 1 atom stereocenters. The Kier molecular flexibility index (Phi) is 8.62. The minimum atomic E-state index is -0.380. The number of ether oxygens (including phenoxy) is 1. The SMILES string of the molecule is CCCCCCC(C)N(C)Cc1ncccc1OC(=O)N(C)C. The van der Waals surface area contributed by atoms with Crippen molar-refractivity contribution in [3.05, 3.63) is 24.0 Å². The van der Waals surface area contributed by atoms with Crippen LogP contribution in [-0.2, 0) is 6.54 Å². The molecular weight excluding hydrogens is 290 g/mol. The van der Waals surface area contributed by atoms with Crippen molar-refractivity contribution in [3.63, 3.8) is 0 Å². The molecule has 0 aliphatic carbocycles. The summed E-state index contributed by atoms with van der Waals surface area (Å²) < 4.78 is 5.40. The van der Waals surface area contributed by atoms with Crippen LogP contribution in [0.2, 0.25) is 0 Å². The van der Waals surface area contributed by atoms with Gasteiger partial charge in [-0.2, -0.15) is 0 Å². The zero-order valence-corrected chi connectivity index (χ0v) is 15.2. The standard InChI is InChI=1S/C18H31N3O2/c1-6-7-8-9-11-15(2)21(5)14-16-17(12-10-13-19-16)23-18(22)20(3)4/h10,12-13,15H,6-9,11,14H2,1-5H3. The van der Waals surface area contributed by atoms with Gasteiger partial charge in [-0.15, -0.1) is 0 Å². The molecule has 0 radical (unpaired) electrons. The van der Waals surface area contributed by atoms with E-state index in [1.54, 1.807) is 32.4 Å². The van der Waals surface area contributed by atoms with Crippen LogP contribution in [0.4, 0.5) is 4.79 Å². The smallest absolute Gasteiger partial charge is 0.408 e. The number of carbonyl (C=O) groups excluding carboxylic acids is 1. The second-order valence-electron chi connectivity index (χ2n) is 6.32. The van der Waals surface area contributed by atoms with Gasteiger partial charge in [0.15, 0.2) is 5.75 Å². The summed E-state index contributed by atoms with van der Waals surface area (Å²) in [5.74, 6) is 0.538. The second kappa shape index (κ2) is 10.2. The summed E-state index contributed by atoms with van der Waals surface area (Å²) in [7, 11) is 5.43. The van der Waals surface area contributed by atoms with Crippen LogP contribution in [0.1, 0.15) is 51.6 Å². The maximum atomic E-state index is 11.7. The summed E-state index contributed by atoms with van der Waals surface area (Å²) in [5, 5.41) is 0. The van der Waals surface area contributed by atoms with Crippen LogP contribution in [0.5, 0.6) is 5.75 Å². The average molecular weight is 321 g/mol. The number of amides is 1. The maximum absolute atomic E-state index is 11.7. The Morgan fingerprint density at radius 1 is 1.26 bits per heavy atom. The lowest BCUT2D eigenvalue weighted by Gasteiger charge is -2.25. The van der Waals surface area contributed by atoms with Crippen LogP contribution in [0.15, 0.2) is 18.3 Å². The summed E-state index contributed by atoms with van der Waals surface area (Å²) in [6, 6.07) is 4.06. The lowest BCUT2D eigenvalue weighted by atomic mass is 10.1. The van der Waals surface area contributed by atoms with E-state index in [0.29, 0.717) is 18.3 Å². The summed E-state index contributed by atoms with van der Waals surface area (Å²) in [4.78, 5) is 19.8. The van der Waals surface area contributed by atoms with Crippen molar-refractivity contribution in [2.24, 2.45) is 0 Å². The molecule has 1 aromatic heterocycles. The molecule has 0 spiro atoms. The Morgan fingerprint density at radius 3 is 2.65 bits per heavy atom. The van der Waals surface area contributed by atoms with E-state index >= 15 is 0 Å². The summed E-state index contributed by atoms with van der Waals surface area (Å²) in [6.07, 6.45) is 7.65. The number of hydrogen-bond donors (Lipinski definition) is 0. The highest BCUT2D eigenvalue weighted by Gasteiger charge is 2.15. The van der Waals surface area contributed by atoms with Gasteiger partial charge in [-0.3, -0.25) is 9.88 Å². The van der Waals surface area contributed by atoms with Crippen LogP contribution in [-0.4, -0.2) is 48.1 Å². The van der Waals surface area contributed by atoms with Crippen molar-refractivity contribution >= 4 is 6.09 Å². The van der Waals surface area contributed by atoms with Crippen LogP contribution in [0.25, 0.3) is 0 Å². The number of nitrogens with zero attached hydrogens (tertiary/aromatic N) is 3. The quantitative estimate of drug-likeness (QED) is 0.646. The molecule has 1 unspecified atom stereocenters. The monoisotopic (exact) mass is 321 g/mol. The first-order valence-corrected chi connectivity index (χ1v) is 8.49. The molecule has 23 heavy (non-hydrogen) atoms. The van der Waals surface area contributed by atoms with Crippen molar-refractivity contribution < 1.29 is 9.53 Å². The molecular formula is C18H31N3O2. The minimum absolute atomic E-state index is 0.380. The summed E-state index contributed by atoms with van der Waals surface area (Å²) >= 11 is 0. The molecule has 0 aromatic carbocycles. The van der Waals surface area contributed by atoms with E-state index in [1.165, 1.54) is 37.0 Å². The average Bonchev–Trinajstić information content (AvgIpc) is 2.52. The fourth-order valence-corrected chi connectivity index (χ4v) is 2.30. The molecule has 0 aliphatic heterocycles. The molecule has 0 saturated heterocycles. The molecule has 1 amide bonds. The van der Waals surface area contributed by atoms with E-state index in [2.05, 4.69) is 30.8 Å². The van der Waals surface area contributed by atoms with Gasteiger partial charge < -0.3 is 9.64 Å². The highest BCUT2D eigenvalue weighted by atomic mass is 16.6. The van der Waals surface area contributed by atoms with Gasteiger partial charge in [-0.05, 0) is 32.5 Å². The third-order valence-electron chi connectivity index (χ3n) is 4.04. The van der Waals surface area contributed by atoms with Crippen LogP contribution >= 0.6 is 0 Å². The topological polar surface area (TPSA) is 45.7 Å². The van der Waals surface area contributed by atoms with E-state index in [1.807, 2.05) is 0 Å². The van der Waals surface area contributed by atoms with Gasteiger partial charge in [0.2, 0.25) is 0 Å². The van der Waals surface area contributed by atoms with Crippen molar-refractivity contribution in [3.8, 4) is 5.75 Å². The number of unbranched alkanes of at least 4 members (excludes halogenated alkanes) is 3.